The minimum atomic E-state index is -0.158. The summed E-state index contributed by atoms with van der Waals surface area (Å²) in [6, 6.07) is 3.59. The summed E-state index contributed by atoms with van der Waals surface area (Å²) < 4.78 is 21.7. The molecule has 0 bridgehead atoms. The van der Waals surface area contributed by atoms with Gasteiger partial charge in [-0.3, -0.25) is 9.69 Å². The first-order valence-corrected chi connectivity index (χ1v) is 9.30. The Morgan fingerprint density at radius 3 is 2.48 bits per heavy atom. The highest BCUT2D eigenvalue weighted by molar-refractivity contribution is 6.12. The fraction of sp³-hybridized carbons (Fsp3) is 0.381. The van der Waals surface area contributed by atoms with Gasteiger partial charge in [0.1, 0.15) is 24.0 Å². The Morgan fingerprint density at radius 1 is 1.03 bits per heavy atom. The summed E-state index contributed by atoms with van der Waals surface area (Å²) in [5.74, 6) is 2.23. The van der Waals surface area contributed by atoms with Gasteiger partial charge in [-0.05, 0) is 18.6 Å². The van der Waals surface area contributed by atoms with E-state index in [1.807, 2.05) is 0 Å². The summed E-state index contributed by atoms with van der Waals surface area (Å²) in [5.41, 5.74) is 2.40. The quantitative estimate of drug-likeness (QED) is 0.767. The summed E-state index contributed by atoms with van der Waals surface area (Å²) in [6.45, 7) is 0.532. The first-order valence-electron chi connectivity index (χ1n) is 9.30. The maximum absolute atomic E-state index is 13.3. The zero-order valence-electron chi connectivity index (χ0n) is 16.9. The molecule has 0 spiro atoms. The van der Waals surface area contributed by atoms with Gasteiger partial charge in [0.05, 0.1) is 26.8 Å². The second kappa shape index (κ2) is 7.71. The molecule has 2 aromatic rings. The number of methoxy groups -OCH3 is 4. The van der Waals surface area contributed by atoms with Crippen molar-refractivity contribution in [2.75, 3.05) is 39.9 Å². The van der Waals surface area contributed by atoms with Gasteiger partial charge in [0.2, 0.25) is 0 Å². The van der Waals surface area contributed by atoms with Crippen molar-refractivity contribution in [3.8, 4) is 11.5 Å². The Morgan fingerprint density at radius 2 is 1.79 bits per heavy atom. The largest absolute Gasteiger partial charge is 0.498 e. The molecule has 29 heavy (non-hydrogen) atoms. The lowest BCUT2D eigenvalue weighted by Gasteiger charge is -2.33. The number of benzene rings is 1. The number of rotatable bonds is 5. The van der Waals surface area contributed by atoms with E-state index < -0.39 is 0 Å². The van der Waals surface area contributed by atoms with Crippen molar-refractivity contribution in [3.05, 3.63) is 41.4 Å². The van der Waals surface area contributed by atoms with Crippen LogP contribution in [-0.2, 0) is 14.3 Å². The van der Waals surface area contributed by atoms with Crippen molar-refractivity contribution in [1.29, 1.82) is 0 Å². The average molecular weight is 397 g/mol. The van der Waals surface area contributed by atoms with Gasteiger partial charge in [-0.15, -0.1) is 0 Å². The van der Waals surface area contributed by atoms with Crippen LogP contribution < -0.4 is 14.4 Å². The standard InChI is InChI=1S/C21H23N3O5/c1-26-16-7-12-5-6-24(21(25)13(12)8-17(16)27-2)20-14-9-18(28-3)19(29-4)10-15(14)22-11-23-20/h8-11,16H,5-7H2,1-4H3. The Kier molecular flexibility index (Phi) is 5.10. The van der Waals surface area contributed by atoms with Crippen LogP contribution in [0.15, 0.2) is 41.4 Å². The SMILES string of the molecule is COC1=CC2=C(CCN(c3ncnc4cc(OC)c(OC)cc34)C2=O)CC1OC. The zero-order valence-corrected chi connectivity index (χ0v) is 16.9. The third-order valence-electron chi connectivity index (χ3n) is 5.42. The summed E-state index contributed by atoms with van der Waals surface area (Å²) in [5, 5.41) is 0.726. The molecule has 0 N–H and O–H groups in total. The predicted octanol–water partition coefficient (Wildman–Crippen LogP) is 2.63. The molecule has 8 heteroatoms. The number of nitrogens with zero attached hydrogens (tertiary/aromatic N) is 3. The van der Waals surface area contributed by atoms with Gasteiger partial charge >= 0.3 is 0 Å². The molecule has 1 aliphatic carbocycles. The topological polar surface area (TPSA) is 83.0 Å². The molecule has 4 rings (SSSR count). The van der Waals surface area contributed by atoms with Crippen molar-refractivity contribution in [1.82, 2.24) is 9.97 Å². The Hall–Kier alpha value is -3.13. The number of anilines is 1. The molecule has 152 valence electrons. The maximum Gasteiger partial charge on any atom is 0.259 e. The molecule has 2 heterocycles. The highest BCUT2D eigenvalue weighted by Gasteiger charge is 2.34. The second-order valence-electron chi connectivity index (χ2n) is 6.82. The highest BCUT2D eigenvalue weighted by Crippen LogP contribution is 2.38. The van der Waals surface area contributed by atoms with Crippen LogP contribution in [-0.4, -0.2) is 57.0 Å². The third kappa shape index (κ3) is 3.19. The molecule has 1 aliphatic heterocycles. The van der Waals surface area contributed by atoms with Gasteiger partial charge in [-0.25, -0.2) is 9.97 Å². The van der Waals surface area contributed by atoms with E-state index in [-0.39, 0.29) is 12.0 Å². The third-order valence-corrected chi connectivity index (χ3v) is 5.42. The molecule has 1 atom stereocenters. The lowest BCUT2D eigenvalue weighted by molar-refractivity contribution is -0.115. The number of ether oxygens (including phenoxy) is 4. The summed E-state index contributed by atoms with van der Waals surface area (Å²) in [7, 11) is 6.38. The number of aromatic nitrogens is 2. The van der Waals surface area contributed by atoms with Crippen LogP contribution in [0.2, 0.25) is 0 Å². The van der Waals surface area contributed by atoms with Crippen molar-refractivity contribution in [2.45, 2.75) is 18.9 Å². The summed E-state index contributed by atoms with van der Waals surface area (Å²) in [4.78, 5) is 23.8. The van der Waals surface area contributed by atoms with E-state index in [1.54, 1.807) is 51.5 Å². The molecule has 8 nitrogen and oxygen atoms in total. The number of hydrogen-bond acceptors (Lipinski definition) is 7. The van der Waals surface area contributed by atoms with Crippen LogP contribution in [0.4, 0.5) is 5.82 Å². The summed E-state index contributed by atoms with van der Waals surface area (Å²) in [6.07, 6.45) is 4.48. The van der Waals surface area contributed by atoms with E-state index in [0.717, 1.165) is 17.4 Å². The van der Waals surface area contributed by atoms with E-state index in [2.05, 4.69) is 9.97 Å². The smallest absolute Gasteiger partial charge is 0.259 e. The molecule has 1 unspecified atom stereocenters. The summed E-state index contributed by atoms with van der Waals surface area (Å²) >= 11 is 0. The molecule has 1 amide bonds. The first kappa shape index (κ1) is 19.2. The molecule has 0 saturated heterocycles. The van der Waals surface area contributed by atoms with Crippen molar-refractivity contribution in [3.63, 3.8) is 0 Å². The minimum absolute atomic E-state index is 0.106. The number of fused-ring (bicyclic) bond motifs is 1. The molecule has 1 aromatic heterocycles. The molecular weight excluding hydrogens is 374 g/mol. The monoisotopic (exact) mass is 397 g/mol. The zero-order chi connectivity index (χ0) is 20.5. The number of hydrogen-bond donors (Lipinski definition) is 0. The lowest BCUT2D eigenvalue weighted by atomic mass is 9.88. The number of carbonyl (C=O) groups excluding carboxylic acids is 1. The number of amides is 1. The molecular formula is C21H23N3O5. The van der Waals surface area contributed by atoms with E-state index in [4.69, 9.17) is 18.9 Å². The highest BCUT2D eigenvalue weighted by atomic mass is 16.5. The molecule has 0 fully saturated rings. The Bertz CT molecular complexity index is 1030. The van der Waals surface area contributed by atoms with Crippen LogP contribution in [0.25, 0.3) is 10.9 Å². The maximum atomic E-state index is 13.3. The van der Waals surface area contributed by atoms with E-state index >= 15 is 0 Å². The Balaban J connectivity index is 1.77. The van der Waals surface area contributed by atoms with Gasteiger partial charge < -0.3 is 18.9 Å². The van der Waals surface area contributed by atoms with E-state index in [9.17, 15) is 4.79 Å². The number of carbonyl (C=O) groups is 1. The van der Waals surface area contributed by atoms with Crippen LogP contribution in [0.5, 0.6) is 11.5 Å². The van der Waals surface area contributed by atoms with E-state index in [1.165, 1.54) is 6.33 Å². The van der Waals surface area contributed by atoms with Crippen molar-refractivity contribution in [2.24, 2.45) is 0 Å². The van der Waals surface area contributed by atoms with Crippen LogP contribution in [0, 0.1) is 0 Å². The van der Waals surface area contributed by atoms with Crippen molar-refractivity contribution >= 4 is 22.6 Å². The molecule has 0 radical (unpaired) electrons. The fourth-order valence-corrected chi connectivity index (χ4v) is 3.89. The molecule has 2 aliphatic rings. The predicted molar refractivity (Wildman–Crippen MR) is 107 cm³/mol. The van der Waals surface area contributed by atoms with Gasteiger partial charge in [0.25, 0.3) is 5.91 Å². The fourth-order valence-electron chi connectivity index (χ4n) is 3.89. The van der Waals surface area contributed by atoms with Gasteiger partial charge in [0.15, 0.2) is 11.5 Å². The average Bonchev–Trinajstić information content (AvgIpc) is 2.77. The van der Waals surface area contributed by atoms with E-state index in [0.29, 0.717) is 47.1 Å². The van der Waals surface area contributed by atoms with Crippen LogP contribution in [0.3, 0.4) is 0 Å². The van der Waals surface area contributed by atoms with Crippen molar-refractivity contribution < 1.29 is 23.7 Å². The van der Waals surface area contributed by atoms with Crippen LogP contribution in [0.1, 0.15) is 12.8 Å². The minimum Gasteiger partial charge on any atom is -0.498 e. The van der Waals surface area contributed by atoms with Gasteiger partial charge in [-0.1, -0.05) is 5.57 Å². The normalized spacial score (nSPS) is 19.2. The van der Waals surface area contributed by atoms with Gasteiger partial charge in [0, 0.05) is 37.1 Å². The first-order chi connectivity index (χ1) is 14.1. The van der Waals surface area contributed by atoms with Gasteiger partial charge in [-0.2, -0.15) is 0 Å². The lowest BCUT2D eigenvalue weighted by Crippen LogP contribution is -2.40. The molecule has 1 aromatic carbocycles. The van der Waals surface area contributed by atoms with Crippen LogP contribution >= 0.6 is 0 Å². The molecule has 0 saturated carbocycles. The second-order valence-corrected chi connectivity index (χ2v) is 6.82. The Labute approximate surface area is 168 Å².